The van der Waals surface area contributed by atoms with E-state index in [-0.39, 0.29) is 5.91 Å². The second-order valence-corrected chi connectivity index (χ2v) is 6.76. The van der Waals surface area contributed by atoms with Crippen LogP contribution in [0.15, 0.2) is 53.7 Å². The van der Waals surface area contributed by atoms with Gasteiger partial charge in [0.15, 0.2) is 0 Å². The number of rotatable bonds is 8. The average molecular weight is 372 g/mol. The number of hydrogen-bond donors (Lipinski definition) is 3. The van der Waals surface area contributed by atoms with Crippen LogP contribution in [0.3, 0.4) is 0 Å². The molecule has 3 amide bonds. The summed E-state index contributed by atoms with van der Waals surface area (Å²) < 4.78 is 0. The Morgan fingerprint density at radius 3 is 2.77 bits per heavy atom. The highest BCUT2D eigenvalue weighted by atomic mass is 32.2. The molecule has 1 aromatic carbocycles. The molecule has 0 aliphatic rings. The number of hydrogen-bond acceptors (Lipinski definition) is 4. The lowest BCUT2D eigenvalue weighted by Crippen LogP contribution is -2.46. The van der Waals surface area contributed by atoms with Crippen LogP contribution >= 0.6 is 11.8 Å². The third-order valence-electron chi connectivity index (χ3n) is 3.50. The highest BCUT2D eigenvalue weighted by Gasteiger charge is 2.14. The van der Waals surface area contributed by atoms with Gasteiger partial charge in [0.25, 0.3) is 0 Å². The van der Waals surface area contributed by atoms with Gasteiger partial charge in [-0.15, -0.1) is 11.8 Å². The van der Waals surface area contributed by atoms with Crippen LogP contribution in [0, 0.1) is 0 Å². The zero-order chi connectivity index (χ0) is 18.8. The Morgan fingerprint density at radius 1 is 1.19 bits per heavy atom. The molecule has 1 atom stereocenters. The van der Waals surface area contributed by atoms with Gasteiger partial charge >= 0.3 is 6.03 Å². The van der Waals surface area contributed by atoms with E-state index in [0.29, 0.717) is 12.2 Å². The van der Waals surface area contributed by atoms with Gasteiger partial charge < -0.3 is 16.0 Å². The van der Waals surface area contributed by atoms with Crippen molar-refractivity contribution in [2.45, 2.75) is 37.1 Å². The molecule has 2 rings (SSSR count). The second-order valence-electron chi connectivity index (χ2n) is 5.77. The predicted octanol–water partition coefficient (Wildman–Crippen LogP) is 3.41. The first kappa shape index (κ1) is 19.8. The monoisotopic (exact) mass is 372 g/mol. The molecular formula is C19H24N4O2S. The van der Waals surface area contributed by atoms with Gasteiger partial charge in [-0.1, -0.05) is 25.1 Å². The first-order valence-electron chi connectivity index (χ1n) is 8.56. The van der Waals surface area contributed by atoms with Crippen LogP contribution in [0.5, 0.6) is 0 Å². The number of carbonyl (C=O) groups is 2. The Morgan fingerprint density at radius 2 is 2.04 bits per heavy atom. The number of nitrogens with one attached hydrogen (secondary N) is 3. The maximum Gasteiger partial charge on any atom is 0.319 e. The zero-order valence-corrected chi connectivity index (χ0v) is 15.8. The van der Waals surface area contributed by atoms with Gasteiger partial charge in [-0.25, -0.2) is 9.78 Å². The van der Waals surface area contributed by atoms with Crippen molar-refractivity contribution in [2.24, 2.45) is 0 Å². The van der Waals surface area contributed by atoms with Gasteiger partial charge in [0.1, 0.15) is 6.04 Å². The largest absolute Gasteiger partial charge is 0.354 e. The maximum absolute atomic E-state index is 12.1. The van der Waals surface area contributed by atoms with Crippen molar-refractivity contribution < 1.29 is 9.59 Å². The molecule has 1 heterocycles. The number of carbonyl (C=O) groups excluding carboxylic acids is 2. The first-order valence-corrected chi connectivity index (χ1v) is 9.55. The minimum atomic E-state index is -0.593. The molecule has 0 saturated carbocycles. The summed E-state index contributed by atoms with van der Waals surface area (Å²) in [4.78, 5) is 28.2. The van der Waals surface area contributed by atoms with Crippen molar-refractivity contribution in [3.63, 3.8) is 0 Å². The maximum atomic E-state index is 12.1. The molecule has 0 spiro atoms. The van der Waals surface area contributed by atoms with Crippen molar-refractivity contribution in [2.75, 3.05) is 11.9 Å². The lowest BCUT2D eigenvalue weighted by molar-refractivity contribution is -0.122. The minimum absolute atomic E-state index is 0.192. The third kappa shape index (κ3) is 6.76. The summed E-state index contributed by atoms with van der Waals surface area (Å²) in [5.41, 5.74) is 1.76. The molecule has 1 aromatic heterocycles. The van der Waals surface area contributed by atoms with E-state index in [4.69, 9.17) is 0 Å². The topological polar surface area (TPSA) is 83.1 Å². The van der Waals surface area contributed by atoms with Crippen molar-refractivity contribution in [3.05, 3.63) is 54.2 Å². The quantitative estimate of drug-likeness (QED) is 0.620. The summed E-state index contributed by atoms with van der Waals surface area (Å²) in [6, 6.07) is 12.4. The van der Waals surface area contributed by atoms with Crippen molar-refractivity contribution in [3.8, 4) is 0 Å². The Balaban J connectivity index is 1.85. The number of amides is 3. The fourth-order valence-electron chi connectivity index (χ4n) is 2.16. The highest BCUT2D eigenvalue weighted by molar-refractivity contribution is 7.98. The Labute approximate surface area is 158 Å². The van der Waals surface area contributed by atoms with Gasteiger partial charge in [0.2, 0.25) is 5.91 Å². The molecule has 2 aromatic rings. The Bertz CT molecular complexity index is 724. The number of anilines is 1. The molecule has 0 aliphatic carbocycles. The minimum Gasteiger partial charge on any atom is -0.354 e. The summed E-state index contributed by atoms with van der Waals surface area (Å²) >= 11 is 1.63. The molecule has 138 valence electrons. The van der Waals surface area contributed by atoms with E-state index in [1.165, 1.54) is 0 Å². The number of urea groups is 1. The van der Waals surface area contributed by atoms with Crippen LogP contribution in [-0.2, 0) is 10.5 Å². The van der Waals surface area contributed by atoms with Gasteiger partial charge in [-0.2, -0.15) is 0 Å². The summed E-state index contributed by atoms with van der Waals surface area (Å²) in [7, 11) is 0. The van der Waals surface area contributed by atoms with E-state index in [1.807, 2.05) is 49.4 Å². The van der Waals surface area contributed by atoms with E-state index in [1.54, 1.807) is 24.9 Å². The number of benzene rings is 1. The van der Waals surface area contributed by atoms with Gasteiger partial charge in [-0.3, -0.25) is 4.79 Å². The smallest absolute Gasteiger partial charge is 0.319 e. The summed E-state index contributed by atoms with van der Waals surface area (Å²) in [6.07, 6.45) is 2.62. The van der Waals surface area contributed by atoms with E-state index in [0.717, 1.165) is 22.8 Å². The van der Waals surface area contributed by atoms with Crippen LogP contribution in [0.4, 0.5) is 10.5 Å². The molecule has 0 aliphatic heterocycles. The molecule has 0 radical (unpaired) electrons. The van der Waals surface area contributed by atoms with Gasteiger partial charge in [-0.05, 0) is 43.2 Å². The molecule has 3 N–H and O–H groups in total. The fourth-order valence-corrected chi connectivity index (χ4v) is 2.96. The Kier molecular flexibility index (Phi) is 7.95. The van der Waals surface area contributed by atoms with Gasteiger partial charge in [0.05, 0.1) is 5.03 Å². The van der Waals surface area contributed by atoms with Crippen LogP contribution in [0.1, 0.15) is 25.8 Å². The third-order valence-corrected chi connectivity index (χ3v) is 4.51. The predicted molar refractivity (Wildman–Crippen MR) is 105 cm³/mol. The normalized spacial score (nSPS) is 11.5. The molecule has 7 heteroatoms. The molecule has 0 bridgehead atoms. The molecule has 0 fully saturated rings. The summed E-state index contributed by atoms with van der Waals surface area (Å²) in [6.45, 7) is 4.23. The van der Waals surface area contributed by atoms with Crippen molar-refractivity contribution in [1.29, 1.82) is 0 Å². The fraction of sp³-hybridized carbons (Fsp3) is 0.316. The summed E-state index contributed by atoms with van der Waals surface area (Å²) in [5.74, 6) is 0.562. The number of thioether (sulfide) groups is 1. The van der Waals surface area contributed by atoms with E-state index in [9.17, 15) is 9.59 Å². The van der Waals surface area contributed by atoms with Crippen LogP contribution in [0.25, 0.3) is 0 Å². The average Bonchev–Trinajstić information content (AvgIpc) is 2.65. The van der Waals surface area contributed by atoms with E-state index < -0.39 is 12.1 Å². The SMILES string of the molecule is CCCNC(=O)[C@H](C)NC(=O)Nc1cccc(CSc2ccccn2)c1. The second kappa shape index (κ2) is 10.5. The van der Waals surface area contributed by atoms with Crippen molar-refractivity contribution in [1.82, 2.24) is 15.6 Å². The number of nitrogens with zero attached hydrogens (tertiary/aromatic N) is 1. The van der Waals surface area contributed by atoms with Crippen molar-refractivity contribution >= 4 is 29.4 Å². The highest BCUT2D eigenvalue weighted by Crippen LogP contribution is 2.22. The summed E-state index contributed by atoms with van der Waals surface area (Å²) in [5, 5.41) is 9.11. The number of pyridine rings is 1. The number of aromatic nitrogens is 1. The molecule has 6 nitrogen and oxygen atoms in total. The Hall–Kier alpha value is -2.54. The van der Waals surface area contributed by atoms with E-state index >= 15 is 0 Å². The van der Waals surface area contributed by atoms with Crippen LogP contribution in [0.2, 0.25) is 0 Å². The van der Waals surface area contributed by atoms with Gasteiger partial charge in [0, 0.05) is 24.2 Å². The lowest BCUT2D eigenvalue weighted by Gasteiger charge is -2.14. The molecule has 0 unspecified atom stereocenters. The molecule has 0 saturated heterocycles. The lowest BCUT2D eigenvalue weighted by atomic mass is 10.2. The first-order chi connectivity index (χ1) is 12.6. The molecule has 26 heavy (non-hydrogen) atoms. The molecular weight excluding hydrogens is 348 g/mol. The van der Waals surface area contributed by atoms with E-state index in [2.05, 4.69) is 20.9 Å². The standard InChI is InChI=1S/C19H24N4O2S/c1-3-10-21-18(24)14(2)22-19(25)23-16-8-6-7-15(12-16)13-26-17-9-4-5-11-20-17/h4-9,11-12,14H,3,10,13H2,1-2H3,(H,21,24)(H2,22,23,25)/t14-/m0/s1. The van der Waals surface area contributed by atoms with Crippen LogP contribution in [-0.4, -0.2) is 29.5 Å². The van der Waals surface area contributed by atoms with Crippen LogP contribution < -0.4 is 16.0 Å². The zero-order valence-electron chi connectivity index (χ0n) is 15.0.